The van der Waals surface area contributed by atoms with Gasteiger partial charge in [0.1, 0.15) is 6.29 Å². The molecule has 0 aromatic carbocycles. The molecule has 0 N–H and O–H groups in total. The van der Waals surface area contributed by atoms with E-state index in [1.54, 1.807) is 0 Å². The van der Waals surface area contributed by atoms with Gasteiger partial charge in [-0.1, -0.05) is 6.58 Å². The first-order valence-electron chi connectivity index (χ1n) is 3.06. The lowest BCUT2D eigenvalue weighted by molar-refractivity contribution is -0.105. The van der Waals surface area contributed by atoms with E-state index in [1.807, 2.05) is 0 Å². The maximum atomic E-state index is 10.1. The van der Waals surface area contributed by atoms with Gasteiger partial charge in [-0.25, -0.2) is 0 Å². The number of hydrogen-bond acceptors (Lipinski definition) is 2. The summed E-state index contributed by atoms with van der Waals surface area (Å²) in [5, 5.41) is 0. The molecular formula is C7H10O2. The lowest BCUT2D eigenvalue weighted by Crippen LogP contribution is -2.02. The summed E-state index contributed by atoms with van der Waals surface area (Å²) in [6, 6.07) is 0. The van der Waals surface area contributed by atoms with Gasteiger partial charge < -0.3 is 4.74 Å². The first-order chi connectivity index (χ1) is 4.34. The minimum Gasteiger partial charge on any atom is -0.381 e. The Morgan fingerprint density at radius 1 is 1.78 bits per heavy atom. The van der Waals surface area contributed by atoms with E-state index in [9.17, 15) is 4.79 Å². The average Bonchev–Trinajstić information content (AvgIpc) is 2.37. The number of carbonyl (C=O) groups is 1. The van der Waals surface area contributed by atoms with Crippen LogP contribution in [0.4, 0.5) is 0 Å². The van der Waals surface area contributed by atoms with E-state index in [1.165, 1.54) is 0 Å². The third-order valence-corrected chi connectivity index (χ3v) is 1.61. The molecule has 1 heterocycles. The number of carbonyl (C=O) groups excluding carboxylic acids is 1. The molecule has 1 atom stereocenters. The molecule has 1 saturated heterocycles. The van der Waals surface area contributed by atoms with Crippen LogP contribution in [-0.2, 0) is 9.53 Å². The Hall–Kier alpha value is -0.630. The predicted octanol–water partition coefficient (Wildman–Crippen LogP) is 0.778. The first-order valence-corrected chi connectivity index (χ1v) is 3.06. The molecule has 0 aliphatic carbocycles. The van der Waals surface area contributed by atoms with Gasteiger partial charge in [0.05, 0.1) is 6.61 Å². The Kier molecular flexibility index (Phi) is 2.01. The van der Waals surface area contributed by atoms with E-state index in [0.717, 1.165) is 19.3 Å². The Morgan fingerprint density at radius 2 is 2.56 bits per heavy atom. The van der Waals surface area contributed by atoms with Crippen LogP contribution in [0.3, 0.4) is 0 Å². The molecule has 1 unspecified atom stereocenters. The topological polar surface area (TPSA) is 26.3 Å². The number of aldehydes is 1. The van der Waals surface area contributed by atoms with Crippen LogP contribution in [0.1, 0.15) is 6.42 Å². The Labute approximate surface area is 54.5 Å². The van der Waals surface area contributed by atoms with Crippen LogP contribution in [0.5, 0.6) is 0 Å². The van der Waals surface area contributed by atoms with Crippen LogP contribution in [0.2, 0.25) is 0 Å². The van der Waals surface area contributed by atoms with Gasteiger partial charge >= 0.3 is 0 Å². The molecule has 9 heavy (non-hydrogen) atoms. The average molecular weight is 126 g/mol. The van der Waals surface area contributed by atoms with Crippen LogP contribution in [0.15, 0.2) is 12.2 Å². The van der Waals surface area contributed by atoms with Crippen LogP contribution in [0, 0.1) is 5.92 Å². The minimum absolute atomic E-state index is 0.294. The van der Waals surface area contributed by atoms with E-state index >= 15 is 0 Å². The van der Waals surface area contributed by atoms with E-state index in [0.29, 0.717) is 18.1 Å². The maximum absolute atomic E-state index is 10.1. The Morgan fingerprint density at radius 3 is 3.00 bits per heavy atom. The summed E-state index contributed by atoms with van der Waals surface area (Å²) in [7, 11) is 0. The predicted molar refractivity (Wildman–Crippen MR) is 34.1 cm³/mol. The molecular weight excluding hydrogens is 116 g/mol. The highest BCUT2D eigenvalue weighted by Gasteiger charge is 2.17. The molecule has 0 aromatic heterocycles. The lowest BCUT2D eigenvalue weighted by Gasteiger charge is -2.01. The highest BCUT2D eigenvalue weighted by Crippen LogP contribution is 2.17. The fraction of sp³-hybridized carbons (Fsp3) is 0.571. The van der Waals surface area contributed by atoms with Crippen LogP contribution < -0.4 is 0 Å². The van der Waals surface area contributed by atoms with Crippen molar-refractivity contribution in [2.24, 2.45) is 5.92 Å². The molecule has 1 aliphatic heterocycles. The van der Waals surface area contributed by atoms with E-state index in [2.05, 4.69) is 6.58 Å². The number of rotatable bonds is 2. The molecule has 0 bridgehead atoms. The van der Waals surface area contributed by atoms with Crippen LogP contribution in [-0.4, -0.2) is 19.5 Å². The zero-order chi connectivity index (χ0) is 6.69. The summed E-state index contributed by atoms with van der Waals surface area (Å²) >= 11 is 0. The fourth-order valence-corrected chi connectivity index (χ4v) is 0.923. The standard InChI is InChI=1S/C7H10O2/c1-6(4-8)7-2-3-9-5-7/h4,7H,1-3,5H2. The molecule has 2 nitrogen and oxygen atoms in total. The van der Waals surface area contributed by atoms with Gasteiger partial charge in [-0.2, -0.15) is 0 Å². The molecule has 0 aromatic rings. The van der Waals surface area contributed by atoms with Crippen LogP contribution >= 0.6 is 0 Å². The third kappa shape index (κ3) is 1.39. The molecule has 50 valence electrons. The Balaban J connectivity index is 2.41. The maximum Gasteiger partial charge on any atom is 0.145 e. The molecule has 0 amide bonds. The van der Waals surface area contributed by atoms with Crippen molar-refractivity contribution in [3.8, 4) is 0 Å². The van der Waals surface area contributed by atoms with Gasteiger partial charge in [-0.15, -0.1) is 0 Å². The van der Waals surface area contributed by atoms with E-state index in [4.69, 9.17) is 4.74 Å². The zero-order valence-electron chi connectivity index (χ0n) is 5.30. The van der Waals surface area contributed by atoms with E-state index < -0.39 is 0 Å². The fourth-order valence-electron chi connectivity index (χ4n) is 0.923. The SMILES string of the molecule is C=C(C=O)C1CCOC1. The summed E-state index contributed by atoms with van der Waals surface area (Å²) < 4.78 is 5.06. The lowest BCUT2D eigenvalue weighted by atomic mass is 10.0. The molecule has 1 rings (SSSR count). The van der Waals surface area contributed by atoms with Crippen molar-refractivity contribution < 1.29 is 9.53 Å². The highest BCUT2D eigenvalue weighted by atomic mass is 16.5. The number of ether oxygens (including phenoxy) is 1. The Bertz CT molecular complexity index is 123. The van der Waals surface area contributed by atoms with Crippen molar-refractivity contribution in [1.82, 2.24) is 0 Å². The minimum atomic E-state index is 0.294. The summed E-state index contributed by atoms with van der Waals surface area (Å²) in [4.78, 5) is 10.1. The van der Waals surface area contributed by atoms with Crippen molar-refractivity contribution in [1.29, 1.82) is 0 Å². The molecule has 2 heteroatoms. The monoisotopic (exact) mass is 126 g/mol. The molecule has 1 aliphatic rings. The van der Waals surface area contributed by atoms with Gasteiger partial charge in [0.25, 0.3) is 0 Å². The summed E-state index contributed by atoms with van der Waals surface area (Å²) in [5.74, 6) is 0.294. The quantitative estimate of drug-likeness (QED) is 0.403. The second kappa shape index (κ2) is 2.78. The largest absolute Gasteiger partial charge is 0.381 e. The summed E-state index contributed by atoms with van der Waals surface area (Å²) in [6.07, 6.45) is 1.77. The van der Waals surface area contributed by atoms with Crippen LogP contribution in [0.25, 0.3) is 0 Å². The summed E-state index contributed by atoms with van der Waals surface area (Å²) in [5.41, 5.74) is 0.674. The smallest absolute Gasteiger partial charge is 0.145 e. The normalized spacial score (nSPS) is 26.0. The van der Waals surface area contributed by atoms with Gasteiger partial charge in [0, 0.05) is 12.5 Å². The van der Waals surface area contributed by atoms with Crippen molar-refractivity contribution in [3.63, 3.8) is 0 Å². The summed E-state index contributed by atoms with van der Waals surface area (Å²) in [6.45, 7) is 5.06. The van der Waals surface area contributed by atoms with Gasteiger partial charge in [0.15, 0.2) is 0 Å². The molecule has 0 spiro atoms. The van der Waals surface area contributed by atoms with Crippen molar-refractivity contribution in [3.05, 3.63) is 12.2 Å². The zero-order valence-corrected chi connectivity index (χ0v) is 5.30. The van der Waals surface area contributed by atoms with Gasteiger partial charge in [0.2, 0.25) is 0 Å². The van der Waals surface area contributed by atoms with Crippen molar-refractivity contribution in [2.75, 3.05) is 13.2 Å². The molecule has 0 radical (unpaired) electrons. The second-order valence-corrected chi connectivity index (χ2v) is 2.25. The molecule has 1 fully saturated rings. The van der Waals surface area contributed by atoms with Crippen molar-refractivity contribution in [2.45, 2.75) is 6.42 Å². The van der Waals surface area contributed by atoms with E-state index in [-0.39, 0.29) is 0 Å². The second-order valence-electron chi connectivity index (χ2n) is 2.25. The molecule has 0 saturated carbocycles. The van der Waals surface area contributed by atoms with Crippen molar-refractivity contribution >= 4 is 6.29 Å². The third-order valence-electron chi connectivity index (χ3n) is 1.61. The highest BCUT2D eigenvalue weighted by molar-refractivity contribution is 5.72. The van der Waals surface area contributed by atoms with Gasteiger partial charge in [-0.05, 0) is 12.0 Å². The van der Waals surface area contributed by atoms with Gasteiger partial charge in [-0.3, -0.25) is 4.79 Å². The number of hydrogen-bond donors (Lipinski definition) is 0. The first kappa shape index (κ1) is 6.49.